The zero-order valence-electron chi connectivity index (χ0n) is 14.1. The van der Waals surface area contributed by atoms with E-state index in [9.17, 15) is 9.18 Å². The second kappa shape index (κ2) is 6.80. The number of amides is 1. The first-order valence-corrected chi connectivity index (χ1v) is 7.75. The number of likely N-dealkylation sites (N-methyl/N-ethyl adjacent to an activating group) is 1. The van der Waals surface area contributed by atoms with Crippen molar-refractivity contribution >= 4 is 5.91 Å². The number of hydrogen-bond donors (Lipinski definition) is 1. The largest absolute Gasteiger partial charge is 0.361 e. The lowest BCUT2D eigenvalue weighted by Gasteiger charge is -2.08. The number of nitrogens with zero attached hydrogens (tertiary/aromatic N) is 3. The Hall–Kier alpha value is -3.09. The number of carbonyl (C=O) groups excluding carboxylic acids is 1. The molecule has 0 saturated carbocycles. The summed E-state index contributed by atoms with van der Waals surface area (Å²) in [5.41, 5.74) is 3.42. The number of nitrogens with one attached hydrogen (secondary N) is 1. The molecule has 0 saturated heterocycles. The molecule has 0 aliphatic rings. The summed E-state index contributed by atoms with van der Waals surface area (Å²) in [6.45, 7) is 3.62. The highest BCUT2D eigenvalue weighted by molar-refractivity contribution is 5.78. The van der Waals surface area contributed by atoms with Gasteiger partial charge in [-0.15, -0.1) is 0 Å². The first-order chi connectivity index (χ1) is 12.0. The normalized spacial score (nSPS) is 10.7. The molecule has 0 aliphatic heterocycles. The fourth-order valence-electron chi connectivity index (χ4n) is 2.55. The predicted octanol–water partition coefficient (Wildman–Crippen LogP) is 2.84. The molecule has 6 nitrogen and oxygen atoms in total. The van der Waals surface area contributed by atoms with E-state index in [4.69, 9.17) is 4.52 Å². The van der Waals surface area contributed by atoms with Gasteiger partial charge in [-0.1, -0.05) is 5.16 Å². The fraction of sp³-hybridized carbons (Fsp3) is 0.222. The molecule has 2 heterocycles. The van der Waals surface area contributed by atoms with E-state index >= 15 is 0 Å². The molecule has 0 unspecified atom stereocenters. The van der Waals surface area contributed by atoms with Crippen molar-refractivity contribution in [1.29, 1.82) is 0 Å². The summed E-state index contributed by atoms with van der Waals surface area (Å²) in [4.78, 5) is 20.7. The molecule has 1 aromatic carbocycles. The Labute approximate surface area is 144 Å². The Morgan fingerprint density at radius 1 is 1.16 bits per heavy atom. The summed E-state index contributed by atoms with van der Waals surface area (Å²) in [5, 5.41) is 6.51. The van der Waals surface area contributed by atoms with Crippen LogP contribution in [0.4, 0.5) is 4.39 Å². The number of aryl methyl sites for hydroxylation is 2. The van der Waals surface area contributed by atoms with Gasteiger partial charge in [0.05, 0.1) is 29.1 Å². The van der Waals surface area contributed by atoms with E-state index in [1.807, 2.05) is 6.92 Å². The topological polar surface area (TPSA) is 80.9 Å². The minimum atomic E-state index is -0.325. The van der Waals surface area contributed by atoms with Gasteiger partial charge < -0.3 is 9.84 Å². The van der Waals surface area contributed by atoms with E-state index in [0.717, 1.165) is 11.1 Å². The molecule has 1 amide bonds. The molecular weight excluding hydrogens is 323 g/mol. The monoisotopic (exact) mass is 340 g/mol. The Bertz CT molecular complexity index is 900. The number of aromatic nitrogens is 3. The smallest absolute Gasteiger partial charge is 0.227 e. The van der Waals surface area contributed by atoms with Gasteiger partial charge >= 0.3 is 0 Å². The maximum atomic E-state index is 13.2. The SMILES string of the molecule is CNC(=O)Cc1nc(-c2ccc(F)cc2)cc(-c2c(C)noc2C)n1. The van der Waals surface area contributed by atoms with Gasteiger partial charge in [0.25, 0.3) is 0 Å². The molecule has 128 valence electrons. The summed E-state index contributed by atoms with van der Waals surface area (Å²) in [5.74, 6) is 0.485. The van der Waals surface area contributed by atoms with Gasteiger partial charge in [0, 0.05) is 12.6 Å². The Morgan fingerprint density at radius 2 is 1.84 bits per heavy atom. The predicted molar refractivity (Wildman–Crippen MR) is 90.2 cm³/mol. The Kier molecular flexibility index (Phi) is 4.56. The van der Waals surface area contributed by atoms with Crippen molar-refractivity contribution in [2.75, 3.05) is 7.05 Å². The molecule has 25 heavy (non-hydrogen) atoms. The van der Waals surface area contributed by atoms with Crippen LogP contribution in [0.25, 0.3) is 22.5 Å². The second-order valence-electron chi connectivity index (χ2n) is 5.61. The van der Waals surface area contributed by atoms with E-state index in [0.29, 0.717) is 28.7 Å². The van der Waals surface area contributed by atoms with Crippen molar-refractivity contribution in [2.45, 2.75) is 20.3 Å². The van der Waals surface area contributed by atoms with Crippen LogP contribution >= 0.6 is 0 Å². The summed E-state index contributed by atoms with van der Waals surface area (Å²) >= 11 is 0. The van der Waals surface area contributed by atoms with E-state index in [-0.39, 0.29) is 18.1 Å². The molecule has 1 N–H and O–H groups in total. The number of hydrogen-bond acceptors (Lipinski definition) is 5. The highest BCUT2D eigenvalue weighted by atomic mass is 19.1. The van der Waals surface area contributed by atoms with Crippen molar-refractivity contribution in [3.8, 4) is 22.5 Å². The van der Waals surface area contributed by atoms with Gasteiger partial charge in [0.1, 0.15) is 17.4 Å². The van der Waals surface area contributed by atoms with Crippen LogP contribution in [-0.2, 0) is 11.2 Å². The Balaban J connectivity index is 2.14. The van der Waals surface area contributed by atoms with Crippen molar-refractivity contribution in [1.82, 2.24) is 20.4 Å². The van der Waals surface area contributed by atoms with Gasteiger partial charge in [0.15, 0.2) is 0 Å². The third-order valence-corrected chi connectivity index (χ3v) is 3.80. The van der Waals surface area contributed by atoms with E-state index in [1.54, 1.807) is 32.2 Å². The summed E-state index contributed by atoms with van der Waals surface area (Å²) in [6.07, 6.45) is 0.0436. The van der Waals surface area contributed by atoms with E-state index in [1.165, 1.54) is 12.1 Å². The Morgan fingerprint density at radius 3 is 2.44 bits per heavy atom. The molecule has 0 radical (unpaired) electrons. The van der Waals surface area contributed by atoms with Gasteiger partial charge in [-0.25, -0.2) is 14.4 Å². The van der Waals surface area contributed by atoms with Crippen LogP contribution < -0.4 is 5.32 Å². The molecule has 0 spiro atoms. The van der Waals surface area contributed by atoms with Crippen LogP contribution in [0.1, 0.15) is 17.3 Å². The van der Waals surface area contributed by atoms with E-state index < -0.39 is 0 Å². The summed E-state index contributed by atoms with van der Waals surface area (Å²) in [6, 6.07) is 7.79. The average Bonchev–Trinajstić information content (AvgIpc) is 2.93. The lowest BCUT2D eigenvalue weighted by molar-refractivity contribution is -0.120. The van der Waals surface area contributed by atoms with Gasteiger partial charge in [-0.3, -0.25) is 4.79 Å². The third-order valence-electron chi connectivity index (χ3n) is 3.80. The van der Waals surface area contributed by atoms with Crippen LogP contribution in [0, 0.1) is 19.7 Å². The minimum Gasteiger partial charge on any atom is -0.361 e. The average molecular weight is 340 g/mol. The van der Waals surface area contributed by atoms with Crippen LogP contribution in [0.5, 0.6) is 0 Å². The molecule has 0 fully saturated rings. The zero-order chi connectivity index (χ0) is 18.0. The van der Waals surface area contributed by atoms with Crippen molar-refractivity contribution in [2.24, 2.45) is 0 Å². The highest BCUT2D eigenvalue weighted by Crippen LogP contribution is 2.28. The minimum absolute atomic E-state index is 0.0436. The number of benzene rings is 1. The molecule has 2 aromatic heterocycles. The lowest BCUT2D eigenvalue weighted by atomic mass is 10.1. The molecule has 3 aromatic rings. The lowest BCUT2D eigenvalue weighted by Crippen LogP contribution is -2.21. The zero-order valence-corrected chi connectivity index (χ0v) is 14.1. The number of rotatable bonds is 4. The molecular formula is C18H17FN4O2. The van der Waals surface area contributed by atoms with Gasteiger partial charge in [-0.05, 0) is 44.2 Å². The molecule has 0 atom stereocenters. The standard InChI is InChI=1S/C18H17FN4O2/c1-10-18(11(2)25-23-10)15-8-14(12-4-6-13(19)7-5-12)21-16(22-15)9-17(24)20-3/h4-8H,9H2,1-3H3,(H,20,24). The maximum Gasteiger partial charge on any atom is 0.227 e. The van der Waals surface area contributed by atoms with Gasteiger partial charge in [-0.2, -0.15) is 0 Å². The highest BCUT2D eigenvalue weighted by Gasteiger charge is 2.17. The first-order valence-electron chi connectivity index (χ1n) is 7.75. The quantitative estimate of drug-likeness (QED) is 0.790. The fourth-order valence-corrected chi connectivity index (χ4v) is 2.55. The van der Waals surface area contributed by atoms with Crippen LogP contribution in [0.3, 0.4) is 0 Å². The molecule has 0 aliphatic carbocycles. The maximum absolute atomic E-state index is 13.2. The van der Waals surface area contributed by atoms with Crippen molar-refractivity contribution in [3.63, 3.8) is 0 Å². The number of carbonyl (C=O) groups is 1. The number of halogens is 1. The van der Waals surface area contributed by atoms with Gasteiger partial charge in [0.2, 0.25) is 5.91 Å². The van der Waals surface area contributed by atoms with Crippen LogP contribution in [0.2, 0.25) is 0 Å². The summed E-state index contributed by atoms with van der Waals surface area (Å²) < 4.78 is 18.4. The van der Waals surface area contributed by atoms with Crippen LogP contribution in [-0.4, -0.2) is 28.1 Å². The van der Waals surface area contributed by atoms with Crippen LogP contribution in [0.15, 0.2) is 34.9 Å². The van der Waals surface area contributed by atoms with Crippen molar-refractivity contribution < 1.29 is 13.7 Å². The molecule has 3 rings (SSSR count). The van der Waals surface area contributed by atoms with Crippen molar-refractivity contribution in [3.05, 3.63) is 53.4 Å². The first kappa shape index (κ1) is 16.8. The second-order valence-corrected chi connectivity index (χ2v) is 5.61. The third kappa shape index (κ3) is 3.55. The molecule has 0 bridgehead atoms. The van der Waals surface area contributed by atoms with E-state index in [2.05, 4.69) is 20.4 Å². The summed E-state index contributed by atoms with van der Waals surface area (Å²) in [7, 11) is 1.56. The molecule has 7 heteroatoms.